The lowest BCUT2D eigenvalue weighted by Crippen LogP contribution is -2.48. The minimum absolute atomic E-state index is 0.0182. The highest BCUT2D eigenvalue weighted by atomic mass is 16.6. The first kappa shape index (κ1) is 22.2. The van der Waals surface area contributed by atoms with Crippen molar-refractivity contribution in [1.29, 1.82) is 0 Å². The van der Waals surface area contributed by atoms with Crippen molar-refractivity contribution < 1.29 is 24.0 Å². The lowest BCUT2D eigenvalue weighted by Gasteiger charge is -2.25. The fourth-order valence-corrected chi connectivity index (χ4v) is 2.02. The Morgan fingerprint density at radius 3 is 2.22 bits per heavy atom. The largest absolute Gasteiger partial charge is 0.445 e. The summed E-state index contributed by atoms with van der Waals surface area (Å²) in [6, 6.07) is 5.40. The Bertz CT molecular complexity index is 652. The smallest absolute Gasteiger partial charge is 0.407 e. The van der Waals surface area contributed by atoms with Crippen LogP contribution in [0.2, 0.25) is 0 Å². The molecule has 0 saturated carbocycles. The van der Waals surface area contributed by atoms with Crippen molar-refractivity contribution in [2.75, 3.05) is 6.54 Å². The number of hydrogen-bond donors (Lipinski definition) is 2. The molecule has 1 aromatic carbocycles. The molecular formula is C18H27N3O6. The summed E-state index contributed by atoms with van der Waals surface area (Å²) >= 11 is 0. The zero-order valence-corrected chi connectivity index (χ0v) is 16.3. The number of carbonyl (C=O) groups excluding carboxylic acids is 2. The van der Waals surface area contributed by atoms with E-state index in [0.29, 0.717) is 5.56 Å². The molecule has 0 fully saturated rings. The number of ether oxygens (including phenoxy) is 2. The fourth-order valence-electron chi connectivity index (χ4n) is 2.02. The van der Waals surface area contributed by atoms with Gasteiger partial charge in [-0.2, -0.15) is 0 Å². The zero-order chi connectivity index (χ0) is 20.6. The maximum Gasteiger partial charge on any atom is 0.407 e. The number of benzene rings is 1. The predicted octanol–water partition coefficient (Wildman–Crippen LogP) is 3.37. The number of rotatable bonds is 7. The van der Waals surface area contributed by atoms with E-state index < -0.39 is 22.7 Å². The van der Waals surface area contributed by atoms with Gasteiger partial charge in [0.05, 0.1) is 11.0 Å². The number of amides is 2. The first-order valence-electron chi connectivity index (χ1n) is 8.61. The van der Waals surface area contributed by atoms with E-state index in [1.54, 1.807) is 20.8 Å². The van der Waals surface area contributed by atoms with Gasteiger partial charge < -0.3 is 20.1 Å². The predicted molar refractivity (Wildman–Crippen MR) is 99.3 cm³/mol. The molecule has 1 aromatic rings. The topological polar surface area (TPSA) is 120 Å². The highest BCUT2D eigenvalue weighted by Crippen LogP contribution is 2.12. The maximum atomic E-state index is 11.9. The third-order valence-corrected chi connectivity index (χ3v) is 3.49. The molecule has 0 spiro atoms. The van der Waals surface area contributed by atoms with Crippen molar-refractivity contribution in [2.24, 2.45) is 5.92 Å². The van der Waals surface area contributed by atoms with Gasteiger partial charge in [0.2, 0.25) is 0 Å². The maximum absolute atomic E-state index is 11.9. The van der Waals surface area contributed by atoms with Crippen LogP contribution in [-0.4, -0.2) is 35.3 Å². The Morgan fingerprint density at radius 1 is 1.15 bits per heavy atom. The lowest BCUT2D eigenvalue weighted by molar-refractivity contribution is -0.384. The van der Waals surface area contributed by atoms with Gasteiger partial charge >= 0.3 is 12.2 Å². The highest BCUT2D eigenvalue weighted by molar-refractivity contribution is 5.69. The van der Waals surface area contributed by atoms with E-state index in [1.807, 2.05) is 13.8 Å². The van der Waals surface area contributed by atoms with Crippen molar-refractivity contribution in [2.45, 2.75) is 52.9 Å². The number of hydrogen-bond acceptors (Lipinski definition) is 6. The highest BCUT2D eigenvalue weighted by Gasteiger charge is 2.22. The van der Waals surface area contributed by atoms with E-state index in [-0.39, 0.29) is 30.8 Å². The Labute approximate surface area is 158 Å². The number of alkyl carbamates (subject to hydrolysis) is 2. The zero-order valence-electron chi connectivity index (χ0n) is 16.3. The minimum Gasteiger partial charge on any atom is -0.445 e. The summed E-state index contributed by atoms with van der Waals surface area (Å²) in [5.74, 6) is 0.0625. The fraction of sp³-hybridized carbons (Fsp3) is 0.556. The van der Waals surface area contributed by atoms with Crippen LogP contribution in [-0.2, 0) is 16.1 Å². The molecule has 9 heteroatoms. The van der Waals surface area contributed by atoms with E-state index in [1.165, 1.54) is 24.3 Å². The number of nitrogens with zero attached hydrogens (tertiary/aromatic N) is 1. The molecule has 0 heterocycles. The van der Waals surface area contributed by atoms with Gasteiger partial charge in [-0.25, -0.2) is 9.59 Å². The summed E-state index contributed by atoms with van der Waals surface area (Å²) in [5.41, 5.74) is -0.0119. The van der Waals surface area contributed by atoms with E-state index in [9.17, 15) is 19.7 Å². The summed E-state index contributed by atoms with van der Waals surface area (Å²) in [7, 11) is 0. The molecule has 0 aromatic heterocycles. The number of non-ortho nitro benzene ring substituents is 1. The van der Waals surface area contributed by atoms with Gasteiger partial charge in [-0.1, -0.05) is 13.8 Å². The SMILES string of the molecule is CC(C)[C@H](CNC(=O)OCc1ccc([N+](=O)[O-])cc1)NC(=O)OC(C)(C)C. The molecular weight excluding hydrogens is 354 g/mol. The Morgan fingerprint density at radius 2 is 1.74 bits per heavy atom. The van der Waals surface area contributed by atoms with Crippen molar-refractivity contribution >= 4 is 17.9 Å². The van der Waals surface area contributed by atoms with Crippen LogP contribution < -0.4 is 10.6 Å². The van der Waals surface area contributed by atoms with Gasteiger partial charge in [0.1, 0.15) is 12.2 Å². The standard InChI is InChI=1S/C18H27N3O6/c1-12(2)15(20-17(23)27-18(3,4)5)10-19-16(22)26-11-13-6-8-14(9-7-13)21(24)25/h6-9,12,15H,10-11H2,1-5H3,(H,19,22)(H,20,23)/t15-/m0/s1. The monoisotopic (exact) mass is 381 g/mol. The molecule has 0 aliphatic rings. The quantitative estimate of drug-likeness (QED) is 0.552. The molecule has 150 valence electrons. The third kappa shape index (κ3) is 8.89. The molecule has 0 aliphatic carbocycles. The number of nitro benzene ring substituents is 1. The van der Waals surface area contributed by atoms with Gasteiger partial charge in [0.15, 0.2) is 0 Å². The summed E-state index contributed by atoms with van der Waals surface area (Å²) in [5, 5.41) is 15.9. The van der Waals surface area contributed by atoms with Crippen LogP contribution in [0, 0.1) is 16.0 Å². The second-order valence-electron chi connectivity index (χ2n) is 7.38. The summed E-state index contributed by atoms with van der Waals surface area (Å²) in [6.45, 7) is 9.28. The van der Waals surface area contributed by atoms with Gasteiger partial charge in [-0.15, -0.1) is 0 Å². The van der Waals surface area contributed by atoms with Gasteiger partial charge in [0, 0.05) is 18.7 Å². The van der Waals surface area contributed by atoms with Crippen molar-refractivity contribution in [3.8, 4) is 0 Å². The second kappa shape index (κ2) is 9.75. The third-order valence-electron chi connectivity index (χ3n) is 3.49. The Kier molecular flexibility index (Phi) is 8.01. The molecule has 0 aliphatic heterocycles. The summed E-state index contributed by atoms with van der Waals surface area (Å²) in [6.07, 6.45) is -1.20. The van der Waals surface area contributed by atoms with Crippen LogP contribution in [0.4, 0.5) is 15.3 Å². The Hall–Kier alpha value is -2.84. The molecule has 0 saturated heterocycles. The van der Waals surface area contributed by atoms with E-state index in [4.69, 9.17) is 9.47 Å². The molecule has 0 bridgehead atoms. The number of nitro groups is 1. The minimum atomic E-state index is -0.648. The normalized spacial score (nSPS) is 12.2. The average molecular weight is 381 g/mol. The van der Waals surface area contributed by atoms with Crippen molar-refractivity contribution in [3.05, 3.63) is 39.9 Å². The van der Waals surface area contributed by atoms with Crippen LogP contribution >= 0.6 is 0 Å². The summed E-state index contributed by atoms with van der Waals surface area (Å²) in [4.78, 5) is 33.8. The number of carbonyl (C=O) groups is 2. The first-order chi connectivity index (χ1) is 12.5. The molecule has 27 heavy (non-hydrogen) atoms. The molecule has 1 rings (SSSR count). The molecule has 1 atom stereocenters. The van der Waals surface area contributed by atoms with Crippen LogP contribution in [0.15, 0.2) is 24.3 Å². The molecule has 9 nitrogen and oxygen atoms in total. The van der Waals surface area contributed by atoms with Gasteiger partial charge in [-0.05, 0) is 44.4 Å². The van der Waals surface area contributed by atoms with E-state index in [0.717, 1.165) is 0 Å². The second-order valence-corrected chi connectivity index (χ2v) is 7.38. The van der Waals surface area contributed by atoms with E-state index in [2.05, 4.69) is 10.6 Å². The molecule has 2 amide bonds. The van der Waals surface area contributed by atoms with Crippen molar-refractivity contribution in [3.63, 3.8) is 0 Å². The van der Waals surface area contributed by atoms with Crippen LogP contribution in [0.5, 0.6) is 0 Å². The first-order valence-corrected chi connectivity index (χ1v) is 8.61. The lowest BCUT2D eigenvalue weighted by atomic mass is 10.1. The van der Waals surface area contributed by atoms with Crippen LogP contribution in [0.25, 0.3) is 0 Å². The van der Waals surface area contributed by atoms with E-state index >= 15 is 0 Å². The summed E-state index contributed by atoms with van der Waals surface area (Å²) < 4.78 is 10.3. The molecule has 0 unspecified atom stereocenters. The van der Waals surface area contributed by atoms with Crippen LogP contribution in [0.1, 0.15) is 40.2 Å². The molecule has 2 N–H and O–H groups in total. The van der Waals surface area contributed by atoms with Crippen LogP contribution in [0.3, 0.4) is 0 Å². The molecule has 0 radical (unpaired) electrons. The van der Waals surface area contributed by atoms with Gasteiger partial charge in [0.25, 0.3) is 5.69 Å². The van der Waals surface area contributed by atoms with Gasteiger partial charge in [-0.3, -0.25) is 10.1 Å². The number of nitrogens with one attached hydrogen (secondary N) is 2. The van der Waals surface area contributed by atoms with Crippen molar-refractivity contribution in [1.82, 2.24) is 10.6 Å². The average Bonchev–Trinajstić information content (AvgIpc) is 2.55. The Balaban J connectivity index is 2.45.